The minimum atomic E-state index is -0.339. The quantitative estimate of drug-likeness (QED) is 0.407. The summed E-state index contributed by atoms with van der Waals surface area (Å²) in [6.07, 6.45) is 0. The van der Waals surface area contributed by atoms with Crippen molar-refractivity contribution in [3.05, 3.63) is 35.9 Å². The summed E-state index contributed by atoms with van der Waals surface area (Å²) in [6, 6.07) is 8.87. The zero-order valence-electron chi connectivity index (χ0n) is 13.0. The van der Waals surface area contributed by atoms with Gasteiger partial charge < -0.3 is 23.7 Å². The fourth-order valence-corrected chi connectivity index (χ4v) is 1.54. The molecule has 0 radical (unpaired) electrons. The topological polar surface area (TPSA) is 63.2 Å². The Bertz CT molecular complexity index is 381. The Morgan fingerprint density at radius 2 is 1.27 bits per heavy atom. The van der Waals surface area contributed by atoms with E-state index in [1.165, 1.54) is 0 Å². The van der Waals surface area contributed by atoms with E-state index in [4.69, 9.17) is 23.7 Å². The molecule has 0 amide bonds. The molecule has 0 saturated heterocycles. The van der Waals surface area contributed by atoms with E-state index in [0.717, 1.165) is 0 Å². The number of rotatable bonds is 13. The van der Waals surface area contributed by atoms with Crippen LogP contribution in [-0.4, -0.2) is 65.9 Å². The first kappa shape index (κ1) is 18.6. The normalized spacial score (nSPS) is 10.6. The largest absolute Gasteiger partial charge is 0.460 e. The summed E-state index contributed by atoms with van der Waals surface area (Å²) in [5.41, 5.74) is 0.541. The van der Waals surface area contributed by atoms with Crippen LogP contribution in [0.5, 0.6) is 0 Å². The molecule has 6 nitrogen and oxygen atoms in total. The van der Waals surface area contributed by atoms with Gasteiger partial charge in [0.05, 0.1) is 51.8 Å². The first-order valence-electron chi connectivity index (χ1n) is 7.29. The summed E-state index contributed by atoms with van der Waals surface area (Å²) in [5.74, 6) is -0.339. The molecule has 0 aliphatic rings. The highest BCUT2D eigenvalue weighted by atomic mass is 16.6. The first-order chi connectivity index (χ1) is 10.8. The molecule has 22 heavy (non-hydrogen) atoms. The van der Waals surface area contributed by atoms with E-state index in [1.54, 1.807) is 31.4 Å². The lowest BCUT2D eigenvalue weighted by Gasteiger charge is -2.07. The van der Waals surface area contributed by atoms with Gasteiger partial charge in [0.2, 0.25) is 0 Å². The number of benzene rings is 1. The second-order valence-corrected chi connectivity index (χ2v) is 4.33. The Labute approximate surface area is 131 Å². The van der Waals surface area contributed by atoms with Crippen molar-refractivity contribution in [1.29, 1.82) is 0 Å². The van der Waals surface area contributed by atoms with Gasteiger partial charge in [-0.3, -0.25) is 0 Å². The molecule has 1 aromatic rings. The molecule has 1 aromatic carbocycles. The first-order valence-corrected chi connectivity index (χ1v) is 7.29. The Morgan fingerprint density at radius 1 is 0.773 bits per heavy atom. The van der Waals surface area contributed by atoms with Gasteiger partial charge in [0.25, 0.3) is 0 Å². The van der Waals surface area contributed by atoms with Crippen molar-refractivity contribution in [1.82, 2.24) is 0 Å². The van der Waals surface area contributed by atoms with Gasteiger partial charge in [0, 0.05) is 7.11 Å². The van der Waals surface area contributed by atoms with Crippen LogP contribution in [0.1, 0.15) is 10.4 Å². The molecule has 124 valence electrons. The van der Waals surface area contributed by atoms with Crippen molar-refractivity contribution in [3.8, 4) is 0 Å². The van der Waals surface area contributed by atoms with E-state index in [-0.39, 0.29) is 12.6 Å². The molecule has 0 saturated carbocycles. The zero-order chi connectivity index (χ0) is 15.9. The Morgan fingerprint density at radius 3 is 1.82 bits per heavy atom. The fourth-order valence-electron chi connectivity index (χ4n) is 1.54. The van der Waals surface area contributed by atoms with Gasteiger partial charge in [-0.15, -0.1) is 0 Å². The molecule has 0 fully saturated rings. The second kappa shape index (κ2) is 13.2. The summed E-state index contributed by atoms with van der Waals surface area (Å²) in [7, 11) is 1.63. The minimum absolute atomic E-state index is 0.230. The Balaban J connectivity index is 1.85. The van der Waals surface area contributed by atoms with Gasteiger partial charge in [-0.05, 0) is 12.1 Å². The third-order valence-electron chi connectivity index (χ3n) is 2.65. The SMILES string of the molecule is COCCOCCOCCOCCOC(=O)c1ccccc1. The van der Waals surface area contributed by atoms with Gasteiger partial charge in [0.1, 0.15) is 6.61 Å². The predicted molar refractivity (Wildman–Crippen MR) is 81.1 cm³/mol. The van der Waals surface area contributed by atoms with E-state index in [9.17, 15) is 4.79 Å². The van der Waals surface area contributed by atoms with Gasteiger partial charge >= 0.3 is 5.97 Å². The van der Waals surface area contributed by atoms with Crippen LogP contribution >= 0.6 is 0 Å². The standard InChI is InChI=1S/C16H24O6/c1-18-7-8-19-9-10-20-11-12-21-13-14-22-16(17)15-5-3-2-4-6-15/h2-6H,7-14H2,1H3. The monoisotopic (exact) mass is 312 g/mol. The molecule has 0 aliphatic carbocycles. The molecule has 1 rings (SSSR count). The lowest BCUT2D eigenvalue weighted by molar-refractivity contribution is -0.00551. The lowest BCUT2D eigenvalue weighted by atomic mass is 10.2. The number of carbonyl (C=O) groups excluding carboxylic acids is 1. The van der Waals surface area contributed by atoms with Crippen molar-refractivity contribution < 1.29 is 28.5 Å². The Hall–Kier alpha value is -1.47. The second-order valence-electron chi connectivity index (χ2n) is 4.33. The van der Waals surface area contributed by atoms with Crippen LogP contribution in [0.4, 0.5) is 0 Å². The molecule has 0 atom stereocenters. The van der Waals surface area contributed by atoms with E-state index >= 15 is 0 Å². The van der Waals surface area contributed by atoms with Gasteiger partial charge in [-0.2, -0.15) is 0 Å². The van der Waals surface area contributed by atoms with Crippen LogP contribution in [0.2, 0.25) is 0 Å². The molecule has 0 bridgehead atoms. The van der Waals surface area contributed by atoms with Crippen LogP contribution in [0.15, 0.2) is 30.3 Å². The third-order valence-corrected chi connectivity index (χ3v) is 2.65. The summed E-state index contributed by atoms with van der Waals surface area (Å²) in [4.78, 5) is 11.6. The zero-order valence-corrected chi connectivity index (χ0v) is 13.0. The van der Waals surface area contributed by atoms with Crippen LogP contribution in [0.3, 0.4) is 0 Å². The van der Waals surface area contributed by atoms with Crippen LogP contribution < -0.4 is 0 Å². The molecule has 0 spiro atoms. The lowest BCUT2D eigenvalue weighted by Crippen LogP contribution is -2.14. The molecule has 0 N–H and O–H groups in total. The highest BCUT2D eigenvalue weighted by Crippen LogP contribution is 2.00. The minimum Gasteiger partial charge on any atom is -0.460 e. The number of hydrogen-bond acceptors (Lipinski definition) is 6. The average molecular weight is 312 g/mol. The van der Waals surface area contributed by atoms with Crippen molar-refractivity contribution in [2.45, 2.75) is 0 Å². The fraction of sp³-hybridized carbons (Fsp3) is 0.562. The maximum Gasteiger partial charge on any atom is 0.338 e. The van der Waals surface area contributed by atoms with E-state index in [0.29, 0.717) is 51.8 Å². The number of esters is 1. The predicted octanol–water partition coefficient (Wildman–Crippen LogP) is 1.54. The summed E-state index contributed by atoms with van der Waals surface area (Å²) in [6.45, 7) is 3.75. The maximum atomic E-state index is 11.6. The van der Waals surface area contributed by atoms with E-state index < -0.39 is 0 Å². The van der Waals surface area contributed by atoms with Crippen LogP contribution in [0.25, 0.3) is 0 Å². The number of carbonyl (C=O) groups is 1. The molecule has 0 unspecified atom stereocenters. The molecule has 6 heteroatoms. The number of ether oxygens (including phenoxy) is 5. The highest BCUT2D eigenvalue weighted by molar-refractivity contribution is 5.89. The van der Waals surface area contributed by atoms with Crippen LogP contribution in [0, 0.1) is 0 Å². The third kappa shape index (κ3) is 9.46. The molecule has 0 heterocycles. The summed E-state index contributed by atoms with van der Waals surface area (Å²) >= 11 is 0. The maximum absolute atomic E-state index is 11.6. The highest BCUT2D eigenvalue weighted by Gasteiger charge is 2.04. The number of methoxy groups -OCH3 is 1. The molecular weight excluding hydrogens is 288 g/mol. The van der Waals surface area contributed by atoms with Crippen molar-refractivity contribution in [2.24, 2.45) is 0 Å². The Kier molecular flexibility index (Phi) is 11.2. The number of hydrogen-bond donors (Lipinski definition) is 0. The molecule has 0 aliphatic heterocycles. The molecule has 0 aromatic heterocycles. The van der Waals surface area contributed by atoms with E-state index in [2.05, 4.69) is 0 Å². The van der Waals surface area contributed by atoms with Crippen molar-refractivity contribution in [3.63, 3.8) is 0 Å². The summed E-state index contributed by atoms with van der Waals surface area (Å²) in [5, 5.41) is 0. The average Bonchev–Trinajstić information content (AvgIpc) is 2.56. The van der Waals surface area contributed by atoms with E-state index in [1.807, 2.05) is 6.07 Å². The van der Waals surface area contributed by atoms with Crippen LogP contribution in [-0.2, 0) is 23.7 Å². The summed E-state index contributed by atoms with van der Waals surface area (Å²) < 4.78 is 25.8. The van der Waals surface area contributed by atoms with Gasteiger partial charge in [0.15, 0.2) is 0 Å². The van der Waals surface area contributed by atoms with Crippen molar-refractivity contribution >= 4 is 5.97 Å². The smallest absolute Gasteiger partial charge is 0.338 e. The molecular formula is C16H24O6. The van der Waals surface area contributed by atoms with Gasteiger partial charge in [-0.1, -0.05) is 18.2 Å². The van der Waals surface area contributed by atoms with Gasteiger partial charge in [-0.25, -0.2) is 4.79 Å². The van der Waals surface area contributed by atoms with Crippen molar-refractivity contribution in [2.75, 3.05) is 60.0 Å².